The molecule has 0 bridgehead atoms. The summed E-state index contributed by atoms with van der Waals surface area (Å²) in [4.78, 5) is 26.3. The topological polar surface area (TPSA) is 54.3 Å². The van der Waals surface area contributed by atoms with Gasteiger partial charge in [-0.3, -0.25) is 14.5 Å². The van der Waals surface area contributed by atoms with Gasteiger partial charge in [0, 0.05) is 37.1 Å². The van der Waals surface area contributed by atoms with Gasteiger partial charge in [-0.15, -0.1) is 0 Å². The molecule has 5 heteroatoms. The van der Waals surface area contributed by atoms with Gasteiger partial charge in [-0.05, 0) is 26.3 Å². The lowest BCUT2D eigenvalue weighted by molar-refractivity contribution is -0.128. The molecule has 0 saturated carbocycles. The van der Waals surface area contributed by atoms with Crippen LogP contribution in [0.4, 0.5) is 0 Å². The van der Waals surface area contributed by atoms with Crippen LogP contribution in [-0.4, -0.2) is 46.8 Å². The van der Waals surface area contributed by atoms with Gasteiger partial charge in [0.15, 0.2) is 5.78 Å². The van der Waals surface area contributed by atoms with Crippen molar-refractivity contribution in [3.05, 3.63) is 23.0 Å². The molecule has 0 spiro atoms. The Hall–Kier alpha value is -1.62. The van der Waals surface area contributed by atoms with Gasteiger partial charge in [-0.25, -0.2) is 0 Å². The summed E-state index contributed by atoms with van der Waals surface area (Å²) in [6, 6.07) is 1.75. The molecule has 1 amide bonds. The Morgan fingerprint density at radius 1 is 1.45 bits per heavy atom. The number of hydrogen-bond donors (Lipinski definition) is 1. The largest absolute Gasteiger partial charge is 0.353 e. The van der Waals surface area contributed by atoms with Crippen LogP contribution in [0.25, 0.3) is 0 Å². The van der Waals surface area contributed by atoms with Crippen molar-refractivity contribution >= 4 is 11.7 Å². The van der Waals surface area contributed by atoms with Crippen molar-refractivity contribution in [2.75, 3.05) is 19.6 Å². The van der Waals surface area contributed by atoms with E-state index in [4.69, 9.17) is 0 Å². The van der Waals surface area contributed by atoms with Crippen LogP contribution < -0.4 is 5.32 Å². The van der Waals surface area contributed by atoms with E-state index in [-0.39, 0.29) is 17.7 Å². The van der Waals surface area contributed by atoms with Crippen LogP contribution in [0.1, 0.15) is 35.1 Å². The highest BCUT2D eigenvalue weighted by molar-refractivity contribution is 5.99. The van der Waals surface area contributed by atoms with Gasteiger partial charge in [-0.1, -0.05) is 6.92 Å². The van der Waals surface area contributed by atoms with E-state index < -0.39 is 0 Å². The minimum absolute atomic E-state index is 0.0347. The first kappa shape index (κ1) is 14.8. The molecule has 1 atom stereocenters. The predicted molar refractivity (Wildman–Crippen MR) is 77.9 cm³/mol. The van der Waals surface area contributed by atoms with E-state index in [0.717, 1.165) is 29.9 Å². The molecule has 0 aromatic carbocycles. The van der Waals surface area contributed by atoms with E-state index in [0.29, 0.717) is 13.1 Å². The van der Waals surface area contributed by atoms with E-state index >= 15 is 0 Å². The van der Waals surface area contributed by atoms with E-state index in [1.165, 1.54) is 0 Å². The van der Waals surface area contributed by atoms with Crippen LogP contribution in [0, 0.1) is 13.8 Å². The minimum atomic E-state index is -0.183. The zero-order valence-corrected chi connectivity index (χ0v) is 12.7. The fraction of sp³-hybridized carbons (Fsp3) is 0.600. The lowest BCUT2D eigenvalue weighted by atomic mass is 10.1. The maximum Gasteiger partial charge on any atom is 0.237 e. The van der Waals surface area contributed by atoms with Gasteiger partial charge in [0.1, 0.15) is 0 Å². The number of Topliss-reactive ketones (excluding diaryl/α,β-unsaturated/α-hetero) is 1. The van der Waals surface area contributed by atoms with Crippen molar-refractivity contribution in [2.24, 2.45) is 7.05 Å². The van der Waals surface area contributed by atoms with Crippen LogP contribution in [0.2, 0.25) is 0 Å². The smallest absolute Gasteiger partial charge is 0.237 e. The average Bonchev–Trinajstić information content (AvgIpc) is 2.67. The highest BCUT2D eigenvalue weighted by Gasteiger charge is 2.30. The zero-order chi connectivity index (χ0) is 14.9. The number of piperazine rings is 1. The molecular formula is C15H23N3O2. The summed E-state index contributed by atoms with van der Waals surface area (Å²) in [6.07, 6.45) is 0.728. The number of aromatic nitrogens is 1. The number of hydrogen-bond acceptors (Lipinski definition) is 3. The van der Waals surface area contributed by atoms with Gasteiger partial charge in [0.05, 0.1) is 12.6 Å². The second-order valence-electron chi connectivity index (χ2n) is 5.45. The summed E-state index contributed by atoms with van der Waals surface area (Å²) in [7, 11) is 1.96. The molecule has 1 aliphatic rings. The minimum Gasteiger partial charge on any atom is -0.353 e. The third kappa shape index (κ3) is 2.63. The Labute approximate surface area is 119 Å². The molecule has 20 heavy (non-hydrogen) atoms. The molecule has 1 aromatic heterocycles. The fourth-order valence-corrected chi connectivity index (χ4v) is 2.80. The standard InChI is InChI=1S/C15H23N3O2/c1-5-13-15(20)16-6-7-18(13)9-14(19)12-8-10(2)17(4)11(12)3/h8,13H,5-7,9H2,1-4H3,(H,16,20). The lowest BCUT2D eigenvalue weighted by Gasteiger charge is -2.33. The SMILES string of the molecule is CCC1C(=O)NCCN1CC(=O)c1cc(C)n(C)c1C. The van der Waals surface area contributed by atoms with Crippen LogP contribution in [-0.2, 0) is 11.8 Å². The summed E-state index contributed by atoms with van der Waals surface area (Å²) in [6.45, 7) is 7.60. The van der Waals surface area contributed by atoms with Crippen LogP contribution in [0.5, 0.6) is 0 Å². The van der Waals surface area contributed by atoms with Crippen molar-refractivity contribution in [3.8, 4) is 0 Å². The molecule has 2 heterocycles. The number of carbonyl (C=O) groups excluding carboxylic acids is 2. The highest BCUT2D eigenvalue weighted by Crippen LogP contribution is 2.16. The van der Waals surface area contributed by atoms with Gasteiger partial charge in [0.25, 0.3) is 0 Å². The van der Waals surface area contributed by atoms with Crippen LogP contribution in [0.15, 0.2) is 6.07 Å². The Morgan fingerprint density at radius 3 is 2.70 bits per heavy atom. The highest BCUT2D eigenvalue weighted by atomic mass is 16.2. The summed E-state index contributed by atoms with van der Waals surface area (Å²) in [5, 5.41) is 2.85. The zero-order valence-electron chi connectivity index (χ0n) is 12.7. The van der Waals surface area contributed by atoms with Gasteiger partial charge >= 0.3 is 0 Å². The molecule has 0 radical (unpaired) electrons. The number of ketones is 1. The third-order valence-electron chi connectivity index (χ3n) is 4.25. The molecule has 2 rings (SSSR count). The molecule has 110 valence electrons. The second-order valence-corrected chi connectivity index (χ2v) is 5.45. The van der Waals surface area contributed by atoms with E-state index in [1.807, 2.05) is 43.4 Å². The first-order chi connectivity index (χ1) is 9.45. The maximum absolute atomic E-state index is 12.5. The van der Waals surface area contributed by atoms with Crippen LogP contribution in [0.3, 0.4) is 0 Å². The molecule has 1 unspecified atom stereocenters. The molecule has 1 fully saturated rings. The molecule has 1 N–H and O–H groups in total. The Morgan fingerprint density at radius 2 is 2.15 bits per heavy atom. The van der Waals surface area contributed by atoms with Crippen molar-refractivity contribution < 1.29 is 9.59 Å². The molecule has 5 nitrogen and oxygen atoms in total. The van der Waals surface area contributed by atoms with Crippen molar-refractivity contribution in [3.63, 3.8) is 0 Å². The van der Waals surface area contributed by atoms with Gasteiger partial charge in [-0.2, -0.15) is 0 Å². The third-order valence-corrected chi connectivity index (χ3v) is 4.25. The number of amides is 1. The van der Waals surface area contributed by atoms with Gasteiger partial charge in [0.2, 0.25) is 5.91 Å². The van der Waals surface area contributed by atoms with E-state index in [2.05, 4.69) is 5.32 Å². The number of nitrogens with zero attached hydrogens (tertiary/aromatic N) is 2. The second kappa shape index (κ2) is 5.79. The summed E-state index contributed by atoms with van der Waals surface area (Å²) < 4.78 is 2.02. The molecule has 1 saturated heterocycles. The molecule has 1 aromatic rings. The fourth-order valence-electron chi connectivity index (χ4n) is 2.80. The van der Waals surface area contributed by atoms with Crippen molar-refractivity contribution in [1.82, 2.24) is 14.8 Å². The number of carbonyl (C=O) groups is 2. The Balaban J connectivity index is 2.14. The quantitative estimate of drug-likeness (QED) is 0.837. The Kier molecular flexibility index (Phi) is 4.28. The molecule has 1 aliphatic heterocycles. The summed E-state index contributed by atoms with van der Waals surface area (Å²) in [5.74, 6) is 0.131. The lowest BCUT2D eigenvalue weighted by Crippen LogP contribution is -2.56. The summed E-state index contributed by atoms with van der Waals surface area (Å²) >= 11 is 0. The predicted octanol–water partition coefficient (Wildman–Crippen LogP) is 1.04. The number of nitrogens with one attached hydrogen (secondary N) is 1. The van der Waals surface area contributed by atoms with E-state index in [1.54, 1.807) is 0 Å². The average molecular weight is 277 g/mol. The van der Waals surface area contributed by atoms with Crippen LogP contribution >= 0.6 is 0 Å². The first-order valence-electron chi connectivity index (χ1n) is 7.13. The first-order valence-corrected chi connectivity index (χ1v) is 7.13. The molecular weight excluding hydrogens is 254 g/mol. The molecule has 0 aliphatic carbocycles. The summed E-state index contributed by atoms with van der Waals surface area (Å²) in [5.41, 5.74) is 2.84. The maximum atomic E-state index is 12.5. The number of rotatable bonds is 4. The van der Waals surface area contributed by atoms with E-state index in [9.17, 15) is 9.59 Å². The van der Waals surface area contributed by atoms with Crippen molar-refractivity contribution in [2.45, 2.75) is 33.2 Å². The number of aryl methyl sites for hydroxylation is 1. The normalized spacial score (nSPS) is 20.0. The Bertz CT molecular complexity index is 533. The van der Waals surface area contributed by atoms with Crippen molar-refractivity contribution in [1.29, 1.82) is 0 Å². The van der Waals surface area contributed by atoms with Gasteiger partial charge < -0.3 is 9.88 Å². The monoisotopic (exact) mass is 277 g/mol.